The van der Waals surface area contributed by atoms with Crippen LogP contribution in [0.2, 0.25) is 0 Å². The van der Waals surface area contributed by atoms with Crippen LogP contribution in [0.15, 0.2) is 47.0 Å². The summed E-state index contributed by atoms with van der Waals surface area (Å²) in [7, 11) is 1.56. The average Bonchev–Trinajstić information content (AvgIpc) is 3.15. The van der Waals surface area contributed by atoms with Gasteiger partial charge in [0.15, 0.2) is 6.61 Å². The minimum absolute atomic E-state index is 0.0546. The van der Waals surface area contributed by atoms with Crippen molar-refractivity contribution in [2.45, 2.75) is 13.5 Å². The van der Waals surface area contributed by atoms with Crippen molar-refractivity contribution < 1.29 is 19.0 Å². The Hall–Kier alpha value is -3.75. The first-order valence-corrected chi connectivity index (χ1v) is 8.01. The predicted molar refractivity (Wildman–Crippen MR) is 96.2 cm³/mol. The molecule has 3 rings (SSSR count). The number of ether oxygens (including phenoxy) is 1. The fourth-order valence-electron chi connectivity index (χ4n) is 2.37. The number of aryl methyl sites for hydroxylation is 1. The molecule has 0 aliphatic carbocycles. The number of carbonyl (C=O) groups is 1. The number of esters is 1. The number of nitrogens with zero attached hydrogens (tertiary/aromatic N) is 3. The van der Waals surface area contributed by atoms with E-state index in [-0.39, 0.29) is 23.7 Å². The van der Waals surface area contributed by atoms with Crippen LogP contribution in [0.4, 0.5) is 11.4 Å². The summed E-state index contributed by atoms with van der Waals surface area (Å²) in [4.78, 5) is 26.8. The number of aromatic nitrogens is 2. The van der Waals surface area contributed by atoms with Gasteiger partial charge < -0.3 is 14.6 Å². The smallest absolute Gasteiger partial charge is 0.338 e. The van der Waals surface area contributed by atoms with Gasteiger partial charge in [0.2, 0.25) is 5.82 Å². The van der Waals surface area contributed by atoms with Crippen LogP contribution >= 0.6 is 0 Å². The van der Waals surface area contributed by atoms with Crippen LogP contribution in [-0.4, -0.2) is 28.1 Å². The van der Waals surface area contributed by atoms with Gasteiger partial charge in [0.25, 0.3) is 11.6 Å². The summed E-state index contributed by atoms with van der Waals surface area (Å²) < 4.78 is 10.2. The quantitative estimate of drug-likeness (QED) is 0.399. The molecule has 0 aliphatic rings. The third-order valence-electron chi connectivity index (χ3n) is 3.80. The third kappa shape index (κ3) is 4.09. The molecular formula is C18H16N4O5. The molecule has 3 aromatic rings. The second-order valence-electron chi connectivity index (χ2n) is 5.69. The molecule has 1 heterocycles. The zero-order valence-corrected chi connectivity index (χ0v) is 14.6. The Kier molecular flexibility index (Phi) is 5.11. The van der Waals surface area contributed by atoms with Crippen molar-refractivity contribution in [2.75, 3.05) is 12.4 Å². The van der Waals surface area contributed by atoms with Crippen LogP contribution in [0.1, 0.15) is 21.8 Å². The Morgan fingerprint density at radius 3 is 2.67 bits per heavy atom. The van der Waals surface area contributed by atoms with E-state index >= 15 is 0 Å². The average molecular weight is 368 g/mol. The van der Waals surface area contributed by atoms with E-state index in [0.29, 0.717) is 11.5 Å². The van der Waals surface area contributed by atoms with E-state index in [2.05, 4.69) is 15.5 Å². The lowest BCUT2D eigenvalue weighted by atomic mass is 10.1. The molecule has 0 bridgehead atoms. The topological polar surface area (TPSA) is 120 Å². The molecule has 1 N–H and O–H groups in total. The third-order valence-corrected chi connectivity index (χ3v) is 3.80. The zero-order valence-electron chi connectivity index (χ0n) is 14.6. The van der Waals surface area contributed by atoms with Crippen molar-refractivity contribution in [1.29, 1.82) is 0 Å². The van der Waals surface area contributed by atoms with Crippen LogP contribution in [0.3, 0.4) is 0 Å². The molecule has 27 heavy (non-hydrogen) atoms. The van der Waals surface area contributed by atoms with E-state index in [1.165, 1.54) is 12.1 Å². The number of nitrogens with one attached hydrogen (secondary N) is 1. The van der Waals surface area contributed by atoms with Crippen molar-refractivity contribution in [3.63, 3.8) is 0 Å². The number of hydrogen-bond acceptors (Lipinski definition) is 8. The Labute approximate surface area is 154 Å². The summed E-state index contributed by atoms with van der Waals surface area (Å²) in [5.74, 6) is -0.217. The molecule has 0 fully saturated rings. The molecule has 0 saturated carbocycles. The van der Waals surface area contributed by atoms with Crippen LogP contribution in [0, 0.1) is 17.0 Å². The van der Waals surface area contributed by atoms with E-state index in [0.717, 1.165) is 17.2 Å². The molecule has 2 aromatic carbocycles. The normalized spacial score (nSPS) is 10.4. The Morgan fingerprint density at radius 1 is 1.26 bits per heavy atom. The maximum absolute atomic E-state index is 12.2. The highest BCUT2D eigenvalue weighted by Gasteiger charge is 2.18. The molecule has 0 unspecified atom stereocenters. The number of nitro groups is 1. The summed E-state index contributed by atoms with van der Waals surface area (Å²) in [5.41, 5.74) is 2.02. The zero-order chi connectivity index (χ0) is 19.4. The number of anilines is 1. The summed E-state index contributed by atoms with van der Waals surface area (Å²) in [5, 5.41) is 17.6. The lowest BCUT2D eigenvalue weighted by Crippen LogP contribution is -2.07. The predicted octanol–water partition coefficient (Wildman–Crippen LogP) is 3.35. The van der Waals surface area contributed by atoms with E-state index < -0.39 is 10.9 Å². The van der Waals surface area contributed by atoms with Gasteiger partial charge in [-0.2, -0.15) is 4.98 Å². The molecule has 0 spiro atoms. The van der Waals surface area contributed by atoms with Crippen molar-refractivity contribution in [2.24, 2.45) is 0 Å². The first kappa shape index (κ1) is 18.1. The van der Waals surface area contributed by atoms with Gasteiger partial charge in [-0.15, -0.1) is 0 Å². The van der Waals surface area contributed by atoms with Crippen molar-refractivity contribution in [1.82, 2.24) is 10.1 Å². The monoisotopic (exact) mass is 368 g/mol. The van der Waals surface area contributed by atoms with E-state index in [9.17, 15) is 14.9 Å². The Morgan fingerprint density at radius 2 is 2.00 bits per heavy atom. The summed E-state index contributed by atoms with van der Waals surface area (Å²) >= 11 is 0. The number of nitro benzene ring substituents is 1. The van der Waals surface area contributed by atoms with E-state index in [1.807, 2.05) is 31.2 Å². The van der Waals surface area contributed by atoms with Gasteiger partial charge in [0.1, 0.15) is 5.69 Å². The van der Waals surface area contributed by atoms with Gasteiger partial charge in [0, 0.05) is 18.7 Å². The maximum Gasteiger partial charge on any atom is 0.338 e. The standard InChI is InChI=1S/C18H16N4O5/c1-11-3-5-12(6-4-11)17-20-16(27-21-17)10-26-18(23)13-7-8-14(19-2)15(9-13)22(24)25/h3-9,19H,10H2,1-2H3. The first-order valence-electron chi connectivity index (χ1n) is 8.01. The van der Waals surface area contributed by atoms with Gasteiger partial charge in [-0.1, -0.05) is 35.0 Å². The minimum atomic E-state index is -0.726. The molecule has 138 valence electrons. The Balaban J connectivity index is 1.68. The molecule has 0 atom stereocenters. The number of rotatable bonds is 6. The summed E-state index contributed by atoms with van der Waals surface area (Å²) in [6.07, 6.45) is 0. The highest BCUT2D eigenvalue weighted by Crippen LogP contribution is 2.25. The van der Waals surface area contributed by atoms with Crippen LogP contribution < -0.4 is 5.32 Å². The fourth-order valence-corrected chi connectivity index (χ4v) is 2.37. The van der Waals surface area contributed by atoms with E-state index in [1.54, 1.807) is 7.05 Å². The summed E-state index contributed by atoms with van der Waals surface area (Å²) in [6.45, 7) is 1.73. The van der Waals surface area contributed by atoms with Crippen molar-refractivity contribution >= 4 is 17.3 Å². The second-order valence-corrected chi connectivity index (χ2v) is 5.69. The van der Waals surface area contributed by atoms with Gasteiger partial charge in [-0.05, 0) is 19.1 Å². The molecule has 1 aromatic heterocycles. The SMILES string of the molecule is CNc1ccc(C(=O)OCc2nc(-c3ccc(C)cc3)no2)cc1[N+](=O)[O-]. The number of benzene rings is 2. The minimum Gasteiger partial charge on any atom is -0.452 e. The largest absolute Gasteiger partial charge is 0.452 e. The molecule has 0 saturated heterocycles. The van der Waals surface area contributed by atoms with Gasteiger partial charge in [-0.25, -0.2) is 4.79 Å². The van der Waals surface area contributed by atoms with E-state index in [4.69, 9.17) is 9.26 Å². The molecule has 9 heteroatoms. The van der Waals surface area contributed by atoms with Gasteiger partial charge >= 0.3 is 5.97 Å². The number of hydrogen-bond donors (Lipinski definition) is 1. The molecular weight excluding hydrogens is 352 g/mol. The first-order chi connectivity index (χ1) is 13.0. The van der Waals surface area contributed by atoms with Crippen LogP contribution in [0.5, 0.6) is 0 Å². The lowest BCUT2D eigenvalue weighted by molar-refractivity contribution is -0.384. The maximum atomic E-state index is 12.2. The number of carbonyl (C=O) groups excluding carboxylic acids is 1. The van der Waals surface area contributed by atoms with Crippen LogP contribution in [0.25, 0.3) is 11.4 Å². The summed E-state index contributed by atoms with van der Waals surface area (Å²) in [6, 6.07) is 11.6. The Bertz CT molecular complexity index is 982. The molecule has 9 nitrogen and oxygen atoms in total. The fraction of sp³-hybridized carbons (Fsp3) is 0.167. The second kappa shape index (κ2) is 7.65. The highest BCUT2D eigenvalue weighted by atomic mass is 16.6. The molecule has 0 aliphatic heterocycles. The van der Waals surface area contributed by atoms with Gasteiger partial charge in [-0.3, -0.25) is 10.1 Å². The molecule has 0 radical (unpaired) electrons. The highest BCUT2D eigenvalue weighted by molar-refractivity contribution is 5.91. The lowest BCUT2D eigenvalue weighted by Gasteiger charge is -2.05. The molecule has 0 amide bonds. The van der Waals surface area contributed by atoms with Gasteiger partial charge in [0.05, 0.1) is 10.5 Å². The van der Waals surface area contributed by atoms with Crippen molar-refractivity contribution in [3.05, 3.63) is 69.6 Å². The van der Waals surface area contributed by atoms with Crippen molar-refractivity contribution in [3.8, 4) is 11.4 Å². The van der Waals surface area contributed by atoms with Crippen LogP contribution in [-0.2, 0) is 11.3 Å².